The molecule has 0 aromatic rings. The average molecular weight is 175 g/mol. The predicted molar refractivity (Wildman–Crippen MR) is 40.8 cm³/mol. The maximum atomic E-state index is 10.5. The molecule has 0 saturated carbocycles. The van der Waals surface area contributed by atoms with Gasteiger partial charge in [-0.1, -0.05) is 0 Å². The third-order valence-electron chi connectivity index (χ3n) is 1.02. The largest absolute Gasteiger partial charge is 0.447 e. The first-order valence-electron chi connectivity index (χ1n) is 3.63. The van der Waals surface area contributed by atoms with Gasteiger partial charge in [0.1, 0.15) is 0 Å². The van der Waals surface area contributed by atoms with E-state index in [0.717, 1.165) is 0 Å². The van der Waals surface area contributed by atoms with E-state index in [2.05, 4.69) is 9.57 Å². The maximum Gasteiger partial charge on any atom is 0.322 e. The monoisotopic (exact) mass is 175 g/mol. The van der Waals surface area contributed by atoms with Gasteiger partial charge in [0.05, 0.1) is 0 Å². The lowest BCUT2D eigenvalue weighted by molar-refractivity contribution is -0.210. The summed E-state index contributed by atoms with van der Waals surface area (Å²) in [5.41, 5.74) is 0. The Labute approximate surface area is 71.2 Å². The van der Waals surface area contributed by atoms with Crippen LogP contribution in [0.15, 0.2) is 0 Å². The van der Waals surface area contributed by atoms with E-state index in [-0.39, 0.29) is 6.73 Å². The van der Waals surface area contributed by atoms with Crippen LogP contribution in [0.25, 0.3) is 0 Å². The van der Waals surface area contributed by atoms with Gasteiger partial charge in [-0.05, 0) is 6.92 Å². The van der Waals surface area contributed by atoms with Crippen LogP contribution in [0.3, 0.4) is 0 Å². The first-order chi connectivity index (χ1) is 5.56. The first-order valence-corrected chi connectivity index (χ1v) is 3.63. The zero-order valence-corrected chi connectivity index (χ0v) is 7.49. The molecule has 5 heteroatoms. The maximum absolute atomic E-state index is 10.5. The number of nitrogens with zero attached hydrogens (tertiary/aromatic N) is 1. The van der Waals surface area contributed by atoms with Crippen molar-refractivity contribution in [3.63, 3.8) is 0 Å². The zero-order chi connectivity index (χ0) is 9.56. The van der Waals surface area contributed by atoms with Crippen LogP contribution < -0.4 is 0 Å². The summed E-state index contributed by atoms with van der Waals surface area (Å²) in [4.78, 5) is 25.5. The van der Waals surface area contributed by atoms with Crippen molar-refractivity contribution in [2.75, 3.05) is 13.3 Å². The molecule has 0 aliphatic heterocycles. The fourth-order valence-corrected chi connectivity index (χ4v) is 0.527. The highest BCUT2D eigenvalue weighted by atomic mass is 16.7. The molecule has 0 aliphatic carbocycles. The molecule has 0 unspecified atom stereocenters. The summed E-state index contributed by atoms with van der Waals surface area (Å²) in [5.74, 6) is -0.829. The number of hydrogen-bond acceptors (Lipinski definition) is 5. The van der Waals surface area contributed by atoms with Crippen molar-refractivity contribution < 1.29 is 19.2 Å². The van der Waals surface area contributed by atoms with Gasteiger partial charge in [-0.25, -0.2) is 0 Å². The van der Waals surface area contributed by atoms with E-state index in [9.17, 15) is 9.59 Å². The van der Waals surface area contributed by atoms with Crippen LogP contribution >= 0.6 is 0 Å². The van der Waals surface area contributed by atoms with Crippen molar-refractivity contribution in [2.24, 2.45) is 0 Å². The molecule has 0 saturated heterocycles. The lowest BCUT2D eigenvalue weighted by Crippen LogP contribution is -2.29. The summed E-state index contributed by atoms with van der Waals surface area (Å²) >= 11 is 0. The molecule has 5 nitrogen and oxygen atoms in total. The van der Waals surface area contributed by atoms with Crippen molar-refractivity contribution >= 4 is 11.9 Å². The van der Waals surface area contributed by atoms with Crippen molar-refractivity contribution in [2.45, 2.75) is 20.8 Å². The minimum Gasteiger partial charge on any atom is -0.447 e. The lowest BCUT2D eigenvalue weighted by atomic mass is 10.7. The summed E-state index contributed by atoms with van der Waals surface area (Å²) in [7, 11) is 0. The molecule has 0 amide bonds. The van der Waals surface area contributed by atoms with E-state index < -0.39 is 11.9 Å². The SMILES string of the molecule is CCN(COC(C)=O)OC(C)=O. The fraction of sp³-hybridized carbons (Fsp3) is 0.714. The Kier molecular flexibility index (Phi) is 5.03. The van der Waals surface area contributed by atoms with Crippen LogP contribution in [-0.4, -0.2) is 30.3 Å². The molecule has 0 spiro atoms. The topological polar surface area (TPSA) is 55.8 Å². The number of hydrogen-bond donors (Lipinski definition) is 0. The molecule has 0 aromatic heterocycles. The minimum absolute atomic E-state index is 0.0224. The van der Waals surface area contributed by atoms with Crippen molar-refractivity contribution in [3.8, 4) is 0 Å². The van der Waals surface area contributed by atoms with Crippen LogP contribution in [0.2, 0.25) is 0 Å². The molecular weight excluding hydrogens is 162 g/mol. The van der Waals surface area contributed by atoms with Crippen molar-refractivity contribution in [3.05, 3.63) is 0 Å². The van der Waals surface area contributed by atoms with E-state index in [1.54, 1.807) is 6.92 Å². The highest BCUT2D eigenvalue weighted by Gasteiger charge is 2.06. The molecule has 0 N–H and O–H groups in total. The molecular formula is C7H13NO4. The highest BCUT2D eigenvalue weighted by Crippen LogP contribution is 1.91. The smallest absolute Gasteiger partial charge is 0.322 e. The van der Waals surface area contributed by atoms with E-state index in [1.165, 1.54) is 18.9 Å². The van der Waals surface area contributed by atoms with Gasteiger partial charge in [0.15, 0.2) is 6.73 Å². The van der Waals surface area contributed by atoms with E-state index in [1.807, 2.05) is 0 Å². The molecule has 0 atom stereocenters. The number of ether oxygens (including phenoxy) is 1. The van der Waals surface area contributed by atoms with Gasteiger partial charge in [-0.3, -0.25) is 9.59 Å². The Morgan fingerprint density at radius 2 is 1.83 bits per heavy atom. The molecule has 0 aromatic carbocycles. The van der Waals surface area contributed by atoms with Gasteiger partial charge in [0, 0.05) is 20.4 Å². The highest BCUT2D eigenvalue weighted by molar-refractivity contribution is 5.66. The molecule has 0 aliphatic rings. The van der Waals surface area contributed by atoms with Crippen LogP contribution in [0.4, 0.5) is 0 Å². The lowest BCUT2D eigenvalue weighted by Gasteiger charge is -2.17. The first kappa shape index (κ1) is 10.9. The summed E-state index contributed by atoms with van der Waals surface area (Å²) in [6.07, 6.45) is 0. The number of carbonyl (C=O) groups is 2. The van der Waals surface area contributed by atoms with Crippen LogP contribution in [0, 0.1) is 0 Å². The Morgan fingerprint density at radius 3 is 2.17 bits per heavy atom. The van der Waals surface area contributed by atoms with E-state index in [4.69, 9.17) is 0 Å². The van der Waals surface area contributed by atoms with Gasteiger partial charge in [-0.15, -0.1) is 5.06 Å². The normalized spacial score (nSPS) is 9.67. The summed E-state index contributed by atoms with van der Waals surface area (Å²) in [5, 5.41) is 1.25. The minimum atomic E-state index is -0.427. The quantitative estimate of drug-likeness (QED) is 0.349. The van der Waals surface area contributed by atoms with Gasteiger partial charge < -0.3 is 9.57 Å². The predicted octanol–water partition coefficient (Wildman–Crippen LogP) is 0.307. The molecule has 12 heavy (non-hydrogen) atoms. The van der Waals surface area contributed by atoms with E-state index in [0.29, 0.717) is 6.54 Å². The molecule has 0 rings (SSSR count). The number of carbonyl (C=O) groups excluding carboxylic acids is 2. The summed E-state index contributed by atoms with van der Waals surface area (Å²) < 4.78 is 4.61. The second-order valence-corrected chi connectivity index (χ2v) is 2.15. The Bertz CT molecular complexity index is 169. The third-order valence-corrected chi connectivity index (χ3v) is 1.02. The Morgan fingerprint density at radius 1 is 1.25 bits per heavy atom. The summed E-state index contributed by atoms with van der Waals surface area (Å²) in [6.45, 7) is 4.82. The number of rotatable bonds is 4. The third kappa shape index (κ3) is 5.67. The van der Waals surface area contributed by atoms with Gasteiger partial charge in [-0.2, -0.15) is 0 Å². The number of hydroxylamine groups is 2. The zero-order valence-electron chi connectivity index (χ0n) is 7.49. The second kappa shape index (κ2) is 5.54. The second-order valence-electron chi connectivity index (χ2n) is 2.15. The van der Waals surface area contributed by atoms with Gasteiger partial charge in [0.25, 0.3) is 0 Å². The molecule has 70 valence electrons. The Balaban J connectivity index is 3.67. The molecule has 0 bridgehead atoms. The van der Waals surface area contributed by atoms with Crippen LogP contribution in [-0.2, 0) is 19.2 Å². The standard InChI is InChI=1S/C7H13NO4/c1-4-8(12-7(3)10)5-11-6(2)9/h4-5H2,1-3H3. The average Bonchev–Trinajstić information content (AvgIpc) is 1.97. The number of esters is 1. The van der Waals surface area contributed by atoms with Crippen molar-refractivity contribution in [1.82, 2.24) is 5.06 Å². The molecule has 0 heterocycles. The van der Waals surface area contributed by atoms with E-state index >= 15 is 0 Å². The van der Waals surface area contributed by atoms with Crippen LogP contribution in [0.1, 0.15) is 20.8 Å². The molecule has 0 fully saturated rings. The van der Waals surface area contributed by atoms with Crippen LogP contribution in [0.5, 0.6) is 0 Å². The van der Waals surface area contributed by atoms with Gasteiger partial charge in [0.2, 0.25) is 0 Å². The fourth-order valence-electron chi connectivity index (χ4n) is 0.527. The summed E-state index contributed by atoms with van der Waals surface area (Å²) in [6, 6.07) is 0. The molecule has 0 radical (unpaired) electrons. The van der Waals surface area contributed by atoms with Gasteiger partial charge >= 0.3 is 11.9 Å². The Hall–Kier alpha value is -1.10. The van der Waals surface area contributed by atoms with Crippen molar-refractivity contribution in [1.29, 1.82) is 0 Å².